The highest BCUT2D eigenvalue weighted by atomic mass is 32.2. The maximum absolute atomic E-state index is 12.6. The van der Waals surface area contributed by atoms with Crippen LogP contribution < -0.4 is 5.32 Å². The van der Waals surface area contributed by atoms with Gasteiger partial charge in [0.15, 0.2) is 0 Å². The quantitative estimate of drug-likeness (QED) is 0.423. The maximum Gasteiger partial charge on any atom is 0.273 e. The summed E-state index contributed by atoms with van der Waals surface area (Å²) >= 11 is 0. The summed E-state index contributed by atoms with van der Waals surface area (Å²) in [6.45, 7) is 2.60. The Balaban J connectivity index is 1.52. The van der Waals surface area contributed by atoms with Crippen LogP contribution in [0.1, 0.15) is 33.5 Å². The van der Waals surface area contributed by atoms with E-state index < -0.39 is 20.9 Å². The first-order valence-corrected chi connectivity index (χ1v) is 11.0. The second-order valence-electron chi connectivity index (χ2n) is 7.04. The van der Waals surface area contributed by atoms with Crippen LogP contribution in [0.25, 0.3) is 0 Å². The third kappa shape index (κ3) is 4.99. The predicted octanol–water partition coefficient (Wildman–Crippen LogP) is 2.41. The molecular formula is C20H23N3O5S. The summed E-state index contributed by atoms with van der Waals surface area (Å²) in [7, 11) is -3.42. The molecule has 2 aromatic rings. The van der Waals surface area contributed by atoms with Crippen LogP contribution in [0.2, 0.25) is 0 Å². The highest BCUT2D eigenvalue weighted by Crippen LogP contribution is 2.21. The molecule has 1 N–H and O–H groups in total. The molecule has 1 amide bonds. The Kier molecular flexibility index (Phi) is 6.29. The average molecular weight is 417 g/mol. The molecule has 0 saturated carbocycles. The zero-order chi connectivity index (χ0) is 21.0. The number of aryl methyl sites for hydroxylation is 1. The number of nitro benzene ring substituents is 1. The zero-order valence-corrected chi connectivity index (χ0v) is 16.9. The second-order valence-corrected chi connectivity index (χ2v) is 9.12. The molecule has 154 valence electrons. The van der Waals surface area contributed by atoms with Crippen LogP contribution in [-0.2, 0) is 23.0 Å². The van der Waals surface area contributed by atoms with Gasteiger partial charge in [-0.3, -0.25) is 14.9 Å². The fourth-order valence-electron chi connectivity index (χ4n) is 3.34. The fraction of sp³-hybridized carbons (Fsp3) is 0.350. The van der Waals surface area contributed by atoms with E-state index in [1.54, 1.807) is 6.92 Å². The van der Waals surface area contributed by atoms with E-state index in [4.69, 9.17) is 0 Å². The van der Waals surface area contributed by atoms with Gasteiger partial charge in [-0.05, 0) is 37.0 Å². The Labute approximate surface area is 169 Å². The molecular weight excluding hydrogens is 394 g/mol. The molecule has 1 aliphatic rings. The molecule has 0 saturated heterocycles. The van der Waals surface area contributed by atoms with Crippen molar-refractivity contribution >= 4 is 21.6 Å². The number of hydrogen-bond acceptors (Lipinski definition) is 5. The first-order valence-electron chi connectivity index (χ1n) is 9.36. The van der Waals surface area contributed by atoms with E-state index in [1.165, 1.54) is 28.1 Å². The van der Waals surface area contributed by atoms with Gasteiger partial charge in [0.1, 0.15) is 0 Å². The molecule has 0 bridgehead atoms. The third-order valence-electron chi connectivity index (χ3n) is 5.02. The first kappa shape index (κ1) is 20.9. The molecule has 0 atom stereocenters. The Morgan fingerprint density at radius 2 is 1.93 bits per heavy atom. The molecule has 1 aliphatic heterocycles. The van der Waals surface area contributed by atoms with Crippen LogP contribution in [0.5, 0.6) is 0 Å². The summed E-state index contributed by atoms with van der Waals surface area (Å²) in [6, 6.07) is 12.1. The van der Waals surface area contributed by atoms with Crippen molar-refractivity contribution in [2.75, 3.05) is 18.8 Å². The SMILES string of the molecule is Cc1ccc(C(=O)NCCCS(=O)(=O)N2CCc3ccccc3C2)cc1[N+](=O)[O-]. The van der Waals surface area contributed by atoms with Gasteiger partial charge in [-0.15, -0.1) is 0 Å². The molecule has 0 aliphatic carbocycles. The monoisotopic (exact) mass is 417 g/mol. The molecule has 9 heteroatoms. The number of nitrogens with zero attached hydrogens (tertiary/aromatic N) is 2. The van der Waals surface area contributed by atoms with E-state index in [1.807, 2.05) is 24.3 Å². The summed E-state index contributed by atoms with van der Waals surface area (Å²) < 4.78 is 26.7. The Bertz CT molecular complexity index is 1040. The summed E-state index contributed by atoms with van der Waals surface area (Å²) in [6.07, 6.45) is 0.957. The molecule has 3 rings (SSSR count). The largest absolute Gasteiger partial charge is 0.352 e. The van der Waals surface area contributed by atoms with Crippen molar-refractivity contribution in [3.05, 3.63) is 74.8 Å². The van der Waals surface area contributed by atoms with Gasteiger partial charge in [0.05, 0.1) is 10.7 Å². The number of nitro groups is 1. The number of carbonyl (C=O) groups is 1. The van der Waals surface area contributed by atoms with Crippen molar-refractivity contribution in [1.29, 1.82) is 0 Å². The van der Waals surface area contributed by atoms with Gasteiger partial charge in [-0.1, -0.05) is 30.3 Å². The minimum atomic E-state index is -3.42. The van der Waals surface area contributed by atoms with Crippen molar-refractivity contribution in [1.82, 2.24) is 9.62 Å². The van der Waals surface area contributed by atoms with Crippen LogP contribution in [0.3, 0.4) is 0 Å². The first-order chi connectivity index (χ1) is 13.8. The molecule has 0 unspecified atom stereocenters. The number of sulfonamides is 1. The predicted molar refractivity (Wildman–Crippen MR) is 109 cm³/mol. The standard InChI is InChI=1S/C20H23N3O5S/c1-15-7-8-17(13-19(15)23(25)26)20(24)21-10-4-12-29(27,28)22-11-9-16-5-2-3-6-18(16)14-22/h2-3,5-8,13H,4,9-12,14H2,1H3,(H,21,24). The molecule has 29 heavy (non-hydrogen) atoms. The smallest absolute Gasteiger partial charge is 0.273 e. The zero-order valence-electron chi connectivity index (χ0n) is 16.1. The van der Waals surface area contributed by atoms with Crippen LogP contribution in [-0.4, -0.2) is 42.4 Å². The summed E-state index contributed by atoms with van der Waals surface area (Å²) in [5.41, 5.74) is 2.74. The molecule has 0 radical (unpaired) electrons. The highest BCUT2D eigenvalue weighted by molar-refractivity contribution is 7.89. The normalized spacial score (nSPS) is 14.2. The van der Waals surface area contributed by atoms with Crippen LogP contribution in [0.4, 0.5) is 5.69 Å². The van der Waals surface area contributed by atoms with Crippen LogP contribution >= 0.6 is 0 Å². The van der Waals surface area contributed by atoms with Gasteiger partial charge in [0.25, 0.3) is 11.6 Å². The number of hydrogen-bond donors (Lipinski definition) is 1. The Morgan fingerprint density at radius 3 is 2.66 bits per heavy atom. The number of carbonyl (C=O) groups excluding carboxylic acids is 1. The lowest BCUT2D eigenvalue weighted by molar-refractivity contribution is -0.385. The second kappa shape index (κ2) is 8.71. The van der Waals surface area contributed by atoms with Gasteiger partial charge < -0.3 is 5.32 Å². The van der Waals surface area contributed by atoms with Crippen LogP contribution in [0.15, 0.2) is 42.5 Å². The third-order valence-corrected chi connectivity index (χ3v) is 6.92. The highest BCUT2D eigenvalue weighted by Gasteiger charge is 2.26. The fourth-order valence-corrected chi connectivity index (χ4v) is 4.81. The summed E-state index contributed by atoms with van der Waals surface area (Å²) in [5, 5.41) is 13.6. The molecule has 1 heterocycles. The van der Waals surface area contributed by atoms with E-state index >= 15 is 0 Å². The molecule has 0 fully saturated rings. The minimum Gasteiger partial charge on any atom is -0.352 e. The van der Waals surface area contributed by atoms with Gasteiger partial charge in [-0.25, -0.2) is 8.42 Å². The number of nitrogens with one attached hydrogen (secondary N) is 1. The van der Waals surface area contributed by atoms with E-state index in [2.05, 4.69) is 5.32 Å². The number of fused-ring (bicyclic) bond motifs is 1. The van der Waals surface area contributed by atoms with Crippen molar-refractivity contribution < 1.29 is 18.1 Å². The number of benzene rings is 2. The van der Waals surface area contributed by atoms with Gasteiger partial charge >= 0.3 is 0 Å². The summed E-state index contributed by atoms with van der Waals surface area (Å²) in [4.78, 5) is 22.7. The van der Waals surface area contributed by atoms with Gasteiger partial charge in [-0.2, -0.15) is 4.31 Å². The number of rotatable bonds is 7. The number of amides is 1. The van der Waals surface area contributed by atoms with Crippen molar-refractivity contribution in [3.8, 4) is 0 Å². The molecule has 0 spiro atoms. The van der Waals surface area contributed by atoms with E-state index in [9.17, 15) is 23.3 Å². The van der Waals surface area contributed by atoms with Gasteiger partial charge in [0.2, 0.25) is 10.0 Å². The molecule has 0 aromatic heterocycles. The topological polar surface area (TPSA) is 110 Å². The lowest BCUT2D eigenvalue weighted by Gasteiger charge is -2.28. The van der Waals surface area contributed by atoms with Crippen molar-refractivity contribution in [2.24, 2.45) is 0 Å². The lowest BCUT2D eigenvalue weighted by atomic mass is 10.0. The van der Waals surface area contributed by atoms with Crippen molar-refractivity contribution in [2.45, 2.75) is 26.3 Å². The van der Waals surface area contributed by atoms with E-state index in [-0.39, 0.29) is 30.0 Å². The molecule has 8 nitrogen and oxygen atoms in total. The van der Waals surface area contributed by atoms with Crippen molar-refractivity contribution in [3.63, 3.8) is 0 Å². The Morgan fingerprint density at radius 1 is 1.21 bits per heavy atom. The Hall–Kier alpha value is -2.78. The van der Waals surface area contributed by atoms with E-state index in [0.29, 0.717) is 25.1 Å². The molecule has 2 aromatic carbocycles. The average Bonchev–Trinajstić information content (AvgIpc) is 2.70. The van der Waals surface area contributed by atoms with E-state index in [0.717, 1.165) is 5.56 Å². The lowest BCUT2D eigenvalue weighted by Crippen LogP contribution is -2.38. The maximum atomic E-state index is 12.6. The van der Waals surface area contributed by atoms with Gasteiger partial charge in [0, 0.05) is 36.8 Å². The summed E-state index contributed by atoms with van der Waals surface area (Å²) in [5.74, 6) is -0.527. The minimum absolute atomic E-state index is 0.0660. The van der Waals surface area contributed by atoms with Crippen LogP contribution in [0, 0.1) is 17.0 Å².